The average molecular weight is 450 g/mol. The number of aromatic nitrogens is 1. The monoisotopic (exact) mass is 449 g/mol. The van der Waals surface area contributed by atoms with E-state index in [2.05, 4.69) is 27.8 Å². The van der Waals surface area contributed by atoms with E-state index in [-0.39, 0.29) is 5.75 Å². The zero-order valence-corrected chi connectivity index (χ0v) is 18.4. The smallest absolute Gasteiger partial charge is 0.416 e. The van der Waals surface area contributed by atoms with Gasteiger partial charge in [-0.1, -0.05) is 30.7 Å². The summed E-state index contributed by atoms with van der Waals surface area (Å²) in [5.41, 5.74) is 2.10. The molecule has 2 aromatic carbocycles. The van der Waals surface area contributed by atoms with Gasteiger partial charge < -0.3 is 10.0 Å². The summed E-state index contributed by atoms with van der Waals surface area (Å²) in [5, 5.41) is 10.7. The van der Waals surface area contributed by atoms with Crippen LogP contribution in [0.3, 0.4) is 0 Å². The Labute approximate surface area is 183 Å². The van der Waals surface area contributed by atoms with Crippen molar-refractivity contribution >= 4 is 26.7 Å². The lowest BCUT2D eigenvalue weighted by Crippen LogP contribution is -2.52. The molecule has 1 aliphatic heterocycles. The Balaban J connectivity index is 1.52. The van der Waals surface area contributed by atoms with Gasteiger partial charge in [0.15, 0.2) is 5.13 Å². The molecule has 4 nitrogen and oxygen atoms in total. The lowest BCUT2D eigenvalue weighted by atomic mass is 10.0. The van der Waals surface area contributed by atoms with E-state index in [1.165, 1.54) is 23.5 Å². The van der Waals surface area contributed by atoms with Gasteiger partial charge in [0.05, 0.1) is 15.8 Å². The quantitative estimate of drug-likeness (QED) is 0.533. The molecule has 1 saturated heterocycles. The summed E-state index contributed by atoms with van der Waals surface area (Å²) in [7, 11) is 0. The zero-order chi connectivity index (χ0) is 22.2. The SMILES string of the molecule is CCC[C@H]1CN(c2nc3ccc(C(F)(F)F)cc3s2)CCN1Cc1cc(C)cc(O)c1. The van der Waals surface area contributed by atoms with Gasteiger partial charge in [-0.2, -0.15) is 13.2 Å². The molecule has 166 valence electrons. The molecule has 0 aliphatic carbocycles. The number of aryl methyl sites for hydroxylation is 1. The third-order valence-electron chi connectivity index (χ3n) is 5.71. The normalized spacial score (nSPS) is 18.1. The number of thiazole rings is 1. The largest absolute Gasteiger partial charge is 0.508 e. The van der Waals surface area contributed by atoms with Crippen molar-refractivity contribution in [3.8, 4) is 5.75 Å². The summed E-state index contributed by atoms with van der Waals surface area (Å²) < 4.78 is 39.7. The first-order valence-corrected chi connectivity index (χ1v) is 11.3. The Morgan fingerprint density at radius 3 is 2.68 bits per heavy atom. The van der Waals surface area contributed by atoms with Crippen molar-refractivity contribution in [3.05, 3.63) is 53.1 Å². The second kappa shape index (κ2) is 8.67. The van der Waals surface area contributed by atoms with Crippen LogP contribution in [0.25, 0.3) is 10.2 Å². The minimum absolute atomic E-state index is 0.286. The number of alkyl halides is 3. The molecule has 0 bridgehead atoms. The van der Waals surface area contributed by atoms with Gasteiger partial charge in [0.2, 0.25) is 0 Å². The highest BCUT2D eigenvalue weighted by Crippen LogP contribution is 2.36. The van der Waals surface area contributed by atoms with E-state index in [9.17, 15) is 18.3 Å². The fourth-order valence-corrected chi connectivity index (χ4v) is 5.31. The van der Waals surface area contributed by atoms with E-state index in [4.69, 9.17) is 0 Å². The summed E-state index contributed by atoms with van der Waals surface area (Å²) >= 11 is 1.33. The van der Waals surface area contributed by atoms with Crippen molar-refractivity contribution in [2.75, 3.05) is 24.5 Å². The van der Waals surface area contributed by atoms with Gasteiger partial charge in [-0.15, -0.1) is 0 Å². The van der Waals surface area contributed by atoms with E-state index < -0.39 is 11.7 Å². The van der Waals surface area contributed by atoms with Gasteiger partial charge >= 0.3 is 6.18 Å². The minimum atomic E-state index is -4.35. The zero-order valence-electron chi connectivity index (χ0n) is 17.6. The first-order valence-electron chi connectivity index (χ1n) is 10.5. The number of phenols is 1. The number of rotatable bonds is 5. The molecule has 4 rings (SSSR count). The molecule has 1 aliphatic rings. The van der Waals surface area contributed by atoms with Crippen LogP contribution in [0.5, 0.6) is 5.75 Å². The van der Waals surface area contributed by atoms with Gasteiger partial charge in [-0.05, 0) is 54.8 Å². The van der Waals surface area contributed by atoms with Crippen LogP contribution in [0.1, 0.15) is 36.5 Å². The van der Waals surface area contributed by atoms with Crippen LogP contribution < -0.4 is 4.90 Å². The Morgan fingerprint density at radius 2 is 1.97 bits per heavy atom. The van der Waals surface area contributed by atoms with E-state index in [1.54, 1.807) is 6.07 Å². The number of piperazine rings is 1. The molecule has 8 heteroatoms. The van der Waals surface area contributed by atoms with Crippen molar-refractivity contribution in [1.82, 2.24) is 9.88 Å². The second-order valence-electron chi connectivity index (χ2n) is 8.21. The third kappa shape index (κ3) is 4.96. The lowest BCUT2D eigenvalue weighted by Gasteiger charge is -2.41. The van der Waals surface area contributed by atoms with Crippen molar-refractivity contribution in [3.63, 3.8) is 0 Å². The molecule has 1 aromatic heterocycles. The van der Waals surface area contributed by atoms with Crippen LogP contribution in [-0.4, -0.2) is 40.7 Å². The van der Waals surface area contributed by atoms with Crippen LogP contribution in [0.15, 0.2) is 36.4 Å². The highest BCUT2D eigenvalue weighted by Gasteiger charge is 2.32. The average Bonchev–Trinajstić information content (AvgIpc) is 3.11. The van der Waals surface area contributed by atoms with Crippen LogP contribution in [0.2, 0.25) is 0 Å². The Bertz CT molecular complexity index is 1050. The predicted molar refractivity (Wildman–Crippen MR) is 119 cm³/mol. The van der Waals surface area contributed by atoms with Crippen molar-refractivity contribution in [2.45, 2.75) is 45.5 Å². The topological polar surface area (TPSA) is 39.6 Å². The Morgan fingerprint density at radius 1 is 1.16 bits per heavy atom. The second-order valence-corrected chi connectivity index (χ2v) is 9.22. The number of fused-ring (bicyclic) bond motifs is 1. The molecule has 2 heterocycles. The molecule has 3 aromatic rings. The Kier molecular flexibility index (Phi) is 6.12. The number of benzene rings is 2. The van der Waals surface area contributed by atoms with Crippen LogP contribution in [0, 0.1) is 6.92 Å². The number of hydrogen-bond donors (Lipinski definition) is 1. The van der Waals surface area contributed by atoms with E-state index in [0.717, 1.165) is 61.3 Å². The molecular formula is C23H26F3N3OS. The molecule has 0 saturated carbocycles. The molecular weight excluding hydrogens is 423 g/mol. The molecule has 1 N–H and O–H groups in total. The highest BCUT2D eigenvalue weighted by atomic mass is 32.1. The summed E-state index contributed by atoms with van der Waals surface area (Å²) in [6.45, 7) is 7.29. The maximum Gasteiger partial charge on any atom is 0.416 e. The molecule has 1 atom stereocenters. The van der Waals surface area contributed by atoms with Crippen LogP contribution in [-0.2, 0) is 12.7 Å². The summed E-state index contributed by atoms with van der Waals surface area (Å²) in [5.74, 6) is 0.286. The summed E-state index contributed by atoms with van der Waals surface area (Å²) in [6.07, 6.45) is -2.28. The fraction of sp³-hybridized carbons (Fsp3) is 0.435. The van der Waals surface area contributed by atoms with Gasteiger partial charge in [0.25, 0.3) is 0 Å². The van der Waals surface area contributed by atoms with Gasteiger partial charge in [-0.25, -0.2) is 4.98 Å². The molecule has 0 radical (unpaired) electrons. The van der Waals surface area contributed by atoms with E-state index in [1.807, 2.05) is 13.0 Å². The minimum Gasteiger partial charge on any atom is -0.508 e. The number of hydrogen-bond acceptors (Lipinski definition) is 5. The van der Waals surface area contributed by atoms with Crippen LogP contribution in [0.4, 0.5) is 18.3 Å². The summed E-state index contributed by atoms with van der Waals surface area (Å²) in [4.78, 5) is 9.24. The maximum absolute atomic E-state index is 13.0. The highest BCUT2D eigenvalue weighted by molar-refractivity contribution is 7.22. The number of nitrogens with zero attached hydrogens (tertiary/aromatic N) is 3. The number of aromatic hydroxyl groups is 1. The third-order valence-corrected chi connectivity index (χ3v) is 6.79. The van der Waals surface area contributed by atoms with Crippen molar-refractivity contribution < 1.29 is 18.3 Å². The number of phenolic OH excluding ortho intramolecular Hbond substituents is 1. The molecule has 1 fully saturated rings. The fourth-order valence-electron chi connectivity index (χ4n) is 4.27. The molecule has 31 heavy (non-hydrogen) atoms. The first-order chi connectivity index (χ1) is 14.7. The van der Waals surface area contributed by atoms with E-state index >= 15 is 0 Å². The van der Waals surface area contributed by atoms with Gasteiger partial charge in [-0.3, -0.25) is 4.90 Å². The number of anilines is 1. The van der Waals surface area contributed by atoms with Crippen molar-refractivity contribution in [1.29, 1.82) is 0 Å². The summed E-state index contributed by atoms with van der Waals surface area (Å²) in [6, 6.07) is 9.74. The Hall–Kier alpha value is -2.32. The number of halogens is 3. The maximum atomic E-state index is 13.0. The standard InChI is InChI=1S/C23H26F3N3OS/c1-3-4-18-14-29(8-7-28(18)13-16-9-15(2)10-19(30)11-16)22-27-20-6-5-17(23(24,25)26)12-21(20)31-22/h5-6,9-12,18,30H,3-4,7-8,13-14H2,1-2H3/t18-/m0/s1. The predicted octanol–water partition coefficient (Wildman–Crippen LogP) is 5.82. The van der Waals surface area contributed by atoms with Crippen LogP contribution >= 0.6 is 11.3 Å². The lowest BCUT2D eigenvalue weighted by molar-refractivity contribution is -0.137. The molecule has 0 unspecified atom stereocenters. The van der Waals surface area contributed by atoms with Gasteiger partial charge in [0, 0.05) is 32.2 Å². The molecule has 0 amide bonds. The van der Waals surface area contributed by atoms with E-state index in [0.29, 0.717) is 16.3 Å². The van der Waals surface area contributed by atoms with Crippen molar-refractivity contribution in [2.24, 2.45) is 0 Å². The first kappa shape index (κ1) is 21.9. The molecule has 0 spiro atoms. The van der Waals surface area contributed by atoms with Gasteiger partial charge in [0.1, 0.15) is 5.75 Å².